The van der Waals surface area contributed by atoms with Crippen LogP contribution in [0.5, 0.6) is 5.88 Å². The minimum atomic E-state index is 0.462. The molecule has 84 valence electrons. The molecule has 0 aliphatic carbocycles. The van der Waals surface area contributed by atoms with Crippen LogP contribution in [-0.2, 0) is 6.42 Å². The molecule has 0 fully saturated rings. The van der Waals surface area contributed by atoms with Crippen LogP contribution in [0.15, 0.2) is 6.07 Å². The van der Waals surface area contributed by atoms with Gasteiger partial charge in [0.05, 0.1) is 7.11 Å². The fourth-order valence-corrected chi connectivity index (χ4v) is 1.51. The maximum atomic E-state index is 5.11. The van der Waals surface area contributed by atoms with Gasteiger partial charge < -0.3 is 10.1 Å². The number of rotatable bonds is 5. The van der Waals surface area contributed by atoms with Gasteiger partial charge in [-0.15, -0.1) is 0 Å². The molecule has 0 saturated carbocycles. The number of hydrogen-bond acceptors (Lipinski definition) is 4. The van der Waals surface area contributed by atoms with Gasteiger partial charge in [0.15, 0.2) is 0 Å². The summed E-state index contributed by atoms with van der Waals surface area (Å²) in [5.41, 5.74) is 1.03. The van der Waals surface area contributed by atoms with E-state index < -0.39 is 0 Å². The van der Waals surface area contributed by atoms with E-state index in [1.165, 1.54) is 0 Å². The second-order valence-electron chi connectivity index (χ2n) is 3.55. The van der Waals surface area contributed by atoms with Crippen molar-refractivity contribution in [1.82, 2.24) is 15.3 Å². The highest BCUT2D eigenvalue weighted by Gasteiger charge is 2.08. The Balaban J connectivity index is 2.79. The van der Waals surface area contributed by atoms with Crippen LogP contribution in [0.2, 0.25) is 0 Å². The summed E-state index contributed by atoms with van der Waals surface area (Å²) in [6, 6.07) is 2.36. The minimum Gasteiger partial charge on any atom is -0.481 e. The fourth-order valence-electron chi connectivity index (χ4n) is 1.51. The number of likely N-dealkylation sites (N-methyl/N-ethyl adjacent to an activating group) is 1. The molecule has 1 rings (SSSR count). The molecule has 1 aromatic heterocycles. The first kappa shape index (κ1) is 11.9. The molecule has 4 nitrogen and oxygen atoms in total. The van der Waals surface area contributed by atoms with Crippen LogP contribution in [0.25, 0.3) is 0 Å². The Morgan fingerprint density at radius 1 is 1.47 bits per heavy atom. The van der Waals surface area contributed by atoms with Gasteiger partial charge in [0.25, 0.3) is 0 Å². The molecule has 15 heavy (non-hydrogen) atoms. The monoisotopic (exact) mass is 209 g/mol. The van der Waals surface area contributed by atoms with Gasteiger partial charge in [-0.25, -0.2) is 4.98 Å². The molecule has 0 amide bonds. The lowest BCUT2D eigenvalue weighted by atomic mass is 10.1. The second-order valence-corrected chi connectivity index (χ2v) is 3.55. The summed E-state index contributed by atoms with van der Waals surface area (Å²) < 4.78 is 5.11. The van der Waals surface area contributed by atoms with Crippen LogP contribution < -0.4 is 10.1 Å². The van der Waals surface area contributed by atoms with E-state index in [0.29, 0.717) is 11.9 Å². The van der Waals surface area contributed by atoms with Crippen LogP contribution in [0.1, 0.15) is 24.9 Å². The van der Waals surface area contributed by atoms with Crippen LogP contribution in [-0.4, -0.2) is 30.2 Å². The number of hydrogen-bond donors (Lipinski definition) is 1. The maximum Gasteiger partial charge on any atom is 0.216 e. The predicted octanol–water partition coefficient (Wildman–Crippen LogP) is 1.33. The first-order valence-electron chi connectivity index (χ1n) is 5.25. The molecule has 0 saturated heterocycles. The predicted molar refractivity (Wildman–Crippen MR) is 60.2 cm³/mol. The quantitative estimate of drug-likeness (QED) is 0.795. The summed E-state index contributed by atoms with van der Waals surface area (Å²) in [6.07, 6.45) is 1.99. The van der Waals surface area contributed by atoms with Crippen molar-refractivity contribution in [3.63, 3.8) is 0 Å². The van der Waals surface area contributed by atoms with Crippen LogP contribution >= 0.6 is 0 Å². The SMILES string of the molecule is CCC(Cc1cc(OC)nc(C)n1)NC. The number of methoxy groups -OCH3 is 1. The standard InChI is InChI=1S/C11H19N3O/c1-5-9(12-3)6-10-7-11(15-4)14-8(2)13-10/h7,9,12H,5-6H2,1-4H3. The Morgan fingerprint density at radius 2 is 2.20 bits per heavy atom. The van der Waals surface area contributed by atoms with Crippen LogP contribution in [0.4, 0.5) is 0 Å². The number of nitrogens with one attached hydrogen (secondary N) is 1. The van der Waals surface area contributed by atoms with Gasteiger partial charge in [-0.1, -0.05) is 6.92 Å². The zero-order chi connectivity index (χ0) is 11.3. The van der Waals surface area contributed by atoms with Crippen molar-refractivity contribution in [1.29, 1.82) is 0 Å². The van der Waals surface area contributed by atoms with E-state index in [1.54, 1.807) is 7.11 Å². The third kappa shape index (κ3) is 3.47. The number of aromatic nitrogens is 2. The molecule has 0 bridgehead atoms. The number of nitrogens with zero attached hydrogens (tertiary/aromatic N) is 2. The Labute approximate surface area is 91.1 Å². The molecule has 0 aliphatic heterocycles. The van der Waals surface area contributed by atoms with Gasteiger partial charge >= 0.3 is 0 Å². The summed E-state index contributed by atoms with van der Waals surface area (Å²) in [7, 11) is 3.60. The molecule has 1 atom stereocenters. The summed E-state index contributed by atoms with van der Waals surface area (Å²) in [5, 5.41) is 3.26. The zero-order valence-electron chi connectivity index (χ0n) is 9.87. The van der Waals surface area contributed by atoms with Crippen LogP contribution in [0.3, 0.4) is 0 Å². The van der Waals surface area contributed by atoms with E-state index >= 15 is 0 Å². The number of ether oxygens (including phenoxy) is 1. The normalized spacial score (nSPS) is 12.5. The highest BCUT2D eigenvalue weighted by molar-refractivity contribution is 5.16. The minimum absolute atomic E-state index is 0.462. The van der Waals surface area contributed by atoms with Gasteiger partial charge in [0.2, 0.25) is 5.88 Å². The lowest BCUT2D eigenvalue weighted by Gasteiger charge is -2.13. The van der Waals surface area contributed by atoms with Crippen molar-refractivity contribution in [2.45, 2.75) is 32.7 Å². The zero-order valence-corrected chi connectivity index (χ0v) is 9.87. The van der Waals surface area contributed by atoms with Crippen molar-refractivity contribution in [3.05, 3.63) is 17.6 Å². The highest BCUT2D eigenvalue weighted by atomic mass is 16.5. The lowest BCUT2D eigenvalue weighted by molar-refractivity contribution is 0.393. The van der Waals surface area contributed by atoms with Crippen molar-refractivity contribution < 1.29 is 4.74 Å². The van der Waals surface area contributed by atoms with Crippen molar-refractivity contribution in [2.75, 3.05) is 14.2 Å². The van der Waals surface area contributed by atoms with E-state index in [1.807, 2.05) is 20.0 Å². The average Bonchev–Trinajstić information content (AvgIpc) is 2.25. The Bertz CT molecular complexity index is 311. The van der Waals surface area contributed by atoms with E-state index in [2.05, 4.69) is 22.2 Å². The van der Waals surface area contributed by atoms with E-state index in [-0.39, 0.29) is 0 Å². The van der Waals surface area contributed by atoms with Crippen molar-refractivity contribution in [3.8, 4) is 5.88 Å². The molecule has 1 N–H and O–H groups in total. The van der Waals surface area contributed by atoms with E-state index in [0.717, 1.165) is 24.4 Å². The van der Waals surface area contributed by atoms with Gasteiger partial charge in [0, 0.05) is 24.2 Å². The molecule has 1 heterocycles. The largest absolute Gasteiger partial charge is 0.481 e. The number of aryl methyl sites for hydroxylation is 1. The molecule has 0 radical (unpaired) electrons. The topological polar surface area (TPSA) is 47.0 Å². The summed E-state index contributed by atoms with van der Waals surface area (Å²) in [6.45, 7) is 4.04. The average molecular weight is 209 g/mol. The first-order chi connectivity index (χ1) is 7.19. The fraction of sp³-hybridized carbons (Fsp3) is 0.636. The summed E-state index contributed by atoms with van der Waals surface area (Å²) in [5.74, 6) is 1.40. The lowest BCUT2D eigenvalue weighted by Crippen LogP contribution is -2.27. The Morgan fingerprint density at radius 3 is 2.73 bits per heavy atom. The Hall–Kier alpha value is -1.16. The van der Waals surface area contributed by atoms with Gasteiger partial charge in [-0.05, 0) is 20.4 Å². The van der Waals surface area contributed by atoms with Crippen LogP contribution in [0, 0.1) is 6.92 Å². The van der Waals surface area contributed by atoms with Gasteiger partial charge in [-0.2, -0.15) is 4.98 Å². The first-order valence-corrected chi connectivity index (χ1v) is 5.25. The van der Waals surface area contributed by atoms with E-state index in [4.69, 9.17) is 4.74 Å². The molecule has 0 aliphatic rings. The summed E-state index contributed by atoms with van der Waals surface area (Å²) >= 11 is 0. The molecular formula is C11H19N3O. The van der Waals surface area contributed by atoms with Crippen molar-refractivity contribution in [2.24, 2.45) is 0 Å². The smallest absolute Gasteiger partial charge is 0.216 e. The third-order valence-electron chi connectivity index (χ3n) is 2.43. The molecule has 0 aromatic carbocycles. The second kappa shape index (κ2) is 5.66. The maximum absolute atomic E-state index is 5.11. The summed E-state index contributed by atoms with van der Waals surface area (Å²) in [4.78, 5) is 8.54. The van der Waals surface area contributed by atoms with Gasteiger partial charge in [-0.3, -0.25) is 0 Å². The molecule has 4 heteroatoms. The molecular weight excluding hydrogens is 190 g/mol. The molecule has 1 aromatic rings. The highest BCUT2D eigenvalue weighted by Crippen LogP contribution is 2.11. The molecule has 1 unspecified atom stereocenters. The van der Waals surface area contributed by atoms with Crippen molar-refractivity contribution >= 4 is 0 Å². The third-order valence-corrected chi connectivity index (χ3v) is 2.43. The molecule has 0 spiro atoms. The van der Waals surface area contributed by atoms with Gasteiger partial charge in [0.1, 0.15) is 5.82 Å². The van der Waals surface area contributed by atoms with E-state index in [9.17, 15) is 0 Å². The Kier molecular flexibility index (Phi) is 4.49.